The molecule has 0 saturated carbocycles. The molecule has 0 fully saturated rings. The fourth-order valence-corrected chi connectivity index (χ4v) is 1.09. The summed E-state index contributed by atoms with van der Waals surface area (Å²) >= 11 is 0. The molecule has 0 aromatic carbocycles. The molecule has 0 aromatic heterocycles. The van der Waals surface area contributed by atoms with Gasteiger partial charge in [-0.15, -0.1) is 0 Å². The van der Waals surface area contributed by atoms with Crippen molar-refractivity contribution in [2.75, 3.05) is 13.2 Å². The Kier molecular flexibility index (Phi) is 7.63. The van der Waals surface area contributed by atoms with Crippen molar-refractivity contribution in [3.8, 4) is 0 Å². The Morgan fingerprint density at radius 1 is 1.46 bits per heavy atom. The summed E-state index contributed by atoms with van der Waals surface area (Å²) in [7, 11) is 0. The molecule has 0 spiro atoms. The molecule has 13 heavy (non-hydrogen) atoms. The average molecular weight is 189 g/mol. The van der Waals surface area contributed by atoms with Crippen LogP contribution in [0.15, 0.2) is 0 Å². The minimum absolute atomic E-state index is 0.222. The molecule has 0 amide bonds. The minimum atomic E-state index is -0.746. The van der Waals surface area contributed by atoms with Crippen molar-refractivity contribution in [2.45, 2.75) is 38.6 Å². The Morgan fingerprint density at radius 2 is 2.15 bits per heavy atom. The van der Waals surface area contributed by atoms with Crippen LogP contribution in [0.2, 0.25) is 0 Å². The maximum Gasteiger partial charge on any atom is 0.303 e. The van der Waals surface area contributed by atoms with E-state index < -0.39 is 5.97 Å². The van der Waals surface area contributed by atoms with Gasteiger partial charge in [0, 0.05) is 19.1 Å². The summed E-state index contributed by atoms with van der Waals surface area (Å²) in [5, 5.41) is 20.1. The number of aliphatic hydroxyl groups is 1. The molecule has 0 aliphatic heterocycles. The number of nitrogens with one attached hydrogen (secondary N) is 1. The SMILES string of the molecule is CC(CCCO)NCCCC(=O)O. The van der Waals surface area contributed by atoms with Crippen LogP contribution in [0.4, 0.5) is 0 Å². The van der Waals surface area contributed by atoms with E-state index in [2.05, 4.69) is 5.32 Å². The second kappa shape index (κ2) is 8.01. The molecule has 0 bridgehead atoms. The van der Waals surface area contributed by atoms with E-state index in [9.17, 15) is 4.79 Å². The highest BCUT2D eigenvalue weighted by Crippen LogP contribution is 1.95. The van der Waals surface area contributed by atoms with Crippen molar-refractivity contribution in [1.82, 2.24) is 5.32 Å². The fraction of sp³-hybridized carbons (Fsp3) is 0.889. The van der Waals surface area contributed by atoms with Crippen molar-refractivity contribution < 1.29 is 15.0 Å². The highest BCUT2D eigenvalue weighted by Gasteiger charge is 2.01. The van der Waals surface area contributed by atoms with Gasteiger partial charge in [-0.05, 0) is 32.7 Å². The predicted molar refractivity (Wildman–Crippen MR) is 50.7 cm³/mol. The lowest BCUT2D eigenvalue weighted by molar-refractivity contribution is -0.137. The Hall–Kier alpha value is -0.610. The largest absolute Gasteiger partial charge is 0.481 e. The summed E-state index contributed by atoms with van der Waals surface area (Å²) in [6.07, 6.45) is 2.62. The van der Waals surface area contributed by atoms with E-state index in [1.165, 1.54) is 0 Å². The maximum absolute atomic E-state index is 10.2. The average Bonchev–Trinajstić information content (AvgIpc) is 2.08. The van der Waals surface area contributed by atoms with Crippen LogP contribution >= 0.6 is 0 Å². The summed E-state index contributed by atoms with van der Waals surface area (Å²) < 4.78 is 0. The van der Waals surface area contributed by atoms with Crippen LogP contribution in [0.25, 0.3) is 0 Å². The smallest absolute Gasteiger partial charge is 0.303 e. The first-order chi connectivity index (χ1) is 6.16. The molecule has 0 saturated heterocycles. The summed E-state index contributed by atoms with van der Waals surface area (Å²) in [6.45, 7) is 3.00. The van der Waals surface area contributed by atoms with Crippen LogP contribution in [0.5, 0.6) is 0 Å². The van der Waals surface area contributed by atoms with Gasteiger partial charge < -0.3 is 15.5 Å². The monoisotopic (exact) mass is 189 g/mol. The zero-order valence-electron chi connectivity index (χ0n) is 8.12. The molecule has 78 valence electrons. The second-order valence-corrected chi connectivity index (χ2v) is 3.22. The van der Waals surface area contributed by atoms with E-state index in [-0.39, 0.29) is 13.0 Å². The molecule has 0 radical (unpaired) electrons. The first-order valence-corrected chi connectivity index (χ1v) is 4.73. The summed E-state index contributed by atoms with van der Waals surface area (Å²) in [5.74, 6) is -0.746. The molecule has 0 heterocycles. The minimum Gasteiger partial charge on any atom is -0.481 e. The number of hydrogen-bond donors (Lipinski definition) is 3. The van der Waals surface area contributed by atoms with Crippen LogP contribution in [0.3, 0.4) is 0 Å². The topological polar surface area (TPSA) is 69.6 Å². The van der Waals surface area contributed by atoms with Crippen LogP contribution < -0.4 is 5.32 Å². The third kappa shape index (κ3) is 9.30. The molecule has 0 aliphatic carbocycles. The molecular formula is C9H19NO3. The number of hydrogen-bond acceptors (Lipinski definition) is 3. The molecule has 4 heteroatoms. The standard InChI is InChI=1S/C9H19NO3/c1-8(4-3-7-11)10-6-2-5-9(12)13/h8,10-11H,2-7H2,1H3,(H,12,13). The van der Waals surface area contributed by atoms with E-state index in [1.807, 2.05) is 6.92 Å². The van der Waals surface area contributed by atoms with Gasteiger partial charge in [0.25, 0.3) is 0 Å². The lowest BCUT2D eigenvalue weighted by atomic mass is 10.2. The van der Waals surface area contributed by atoms with Gasteiger partial charge in [-0.2, -0.15) is 0 Å². The molecule has 4 nitrogen and oxygen atoms in total. The van der Waals surface area contributed by atoms with Crippen molar-refractivity contribution in [2.24, 2.45) is 0 Å². The quantitative estimate of drug-likeness (QED) is 0.489. The van der Waals surface area contributed by atoms with Gasteiger partial charge >= 0.3 is 5.97 Å². The second-order valence-electron chi connectivity index (χ2n) is 3.22. The number of carboxylic acid groups (broad SMARTS) is 1. The summed E-state index contributed by atoms with van der Waals surface area (Å²) in [4.78, 5) is 10.2. The Labute approximate surface area is 79.0 Å². The number of aliphatic hydroxyl groups excluding tert-OH is 1. The lowest BCUT2D eigenvalue weighted by Crippen LogP contribution is -2.27. The first kappa shape index (κ1) is 12.4. The molecular weight excluding hydrogens is 170 g/mol. The lowest BCUT2D eigenvalue weighted by Gasteiger charge is -2.11. The van der Waals surface area contributed by atoms with Gasteiger partial charge in [-0.3, -0.25) is 4.79 Å². The van der Waals surface area contributed by atoms with E-state index in [4.69, 9.17) is 10.2 Å². The van der Waals surface area contributed by atoms with Crippen LogP contribution in [-0.4, -0.2) is 35.4 Å². The maximum atomic E-state index is 10.2. The van der Waals surface area contributed by atoms with Gasteiger partial charge in [0.1, 0.15) is 0 Å². The van der Waals surface area contributed by atoms with E-state index >= 15 is 0 Å². The van der Waals surface area contributed by atoms with Gasteiger partial charge in [0.05, 0.1) is 0 Å². The Morgan fingerprint density at radius 3 is 2.69 bits per heavy atom. The van der Waals surface area contributed by atoms with E-state index in [1.54, 1.807) is 0 Å². The van der Waals surface area contributed by atoms with Crippen molar-refractivity contribution in [3.63, 3.8) is 0 Å². The van der Waals surface area contributed by atoms with Gasteiger partial charge in [-0.25, -0.2) is 0 Å². The highest BCUT2D eigenvalue weighted by atomic mass is 16.4. The summed E-state index contributed by atoms with van der Waals surface area (Å²) in [5.41, 5.74) is 0. The molecule has 0 aliphatic rings. The predicted octanol–water partition coefficient (Wildman–Crippen LogP) is 0.602. The number of rotatable bonds is 8. The van der Waals surface area contributed by atoms with E-state index in [0.717, 1.165) is 19.4 Å². The fourth-order valence-electron chi connectivity index (χ4n) is 1.09. The van der Waals surface area contributed by atoms with Crippen LogP contribution in [0, 0.1) is 0 Å². The normalized spacial score (nSPS) is 12.8. The number of carboxylic acids is 1. The van der Waals surface area contributed by atoms with Gasteiger partial charge in [0.2, 0.25) is 0 Å². The molecule has 0 rings (SSSR count). The number of aliphatic carboxylic acids is 1. The molecule has 3 N–H and O–H groups in total. The van der Waals surface area contributed by atoms with E-state index in [0.29, 0.717) is 12.5 Å². The third-order valence-electron chi connectivity index (χ3n) is 1.86. The zero-order chi connectivity index (χ0) is 10.1. The van der Waals surface area contributed by atoms with Gasteiger partial charge in [0.15, 0.2) is 0 Å². The van der Waals surface area contributed by atoms with Gasteiger partial charge in [-0.1, -0.05) is 0 Å². The zero-order valence-corrected chi connectivity index (χ0v) is 8.12. The highest BCUT2D eigenvalue weighted by molar-refractivity contribution is 5.66. The Balaban J connectivity index is 3.16. The molecule has 1 atom stereocenters. The van der Waals surface area contributed by atoms with Crippen LogP contribution in [-0.2, 0) is 4.79 Å². The molecule has 0 aromatic rings. The third-order valence-corrected chi connectivity index (χ3v) is 1.86. The van der Waals surface area contributed by atoms with Crippen molar-refractivity contribution in [1.29, 1.82) is 0 Å². The van der Waals surface area contributed by atoms with Crippen molar-refractivity contribution >= 4 is 5.97 Å². The molecule has 1 unspecified atom stereocenters. The van der Waals surface area contributed by atoms with Crippen molar-refractivity contribution in [3.05, 3.63) is 0 Å². The Bertz CT molecular complexity index is 139. The van der Waals surface area contributed by atoms with Crippen LogP contribution in [0.1, 0.15) is 32.6 Å². The first-order valence-electron chi connectivity index (χ1n) is 4.73. The summed E-state index contributed by atoms with van der Waals surface area (Å²) in [6, 6.07) is 0.362. The number of carbonyl (C=O) groups is 1.